The minimum Gasteiger partial charge on any atom is -0.481 e. The second kappa shape index (κ2) is 7.11. The fraction of sp³-hybridized carbons (Fsp3) is 0.818. The van der Waals surface area contributed by atoms with Crippen LogP contribution in [0.5, 0.6) is 0 Å². The third kappa shape index (κ3) is 5.53. The summed E-state index contributed by atoms with van der Waals surface area (Å²) >= 11 is 0. The highest BCUT2D eigenvalue weighted by molar-refractivity contribution is 5.77. The van der Waals surface area contributed by atoms with E-state index in [1.807, 2.05) is 6.92 Å². The first kappa shape index (κ1) is 15.7. The topological polar surface area (TPSA) is 89.9 Å². The summed E-state index contributed by atoms with van der Waals surface area (Å²) in [5, 5.41) is 20.2. The number of nitrogens with one attached hydrogen (secondary N) is 1. The Morgan fingerprint density at radius 3 is 2.35 bits per heavy atom. The molecular formula is C11H22N2O4. The monoisotopic (exact) mass is 246 g/mol. The number of rotatable bonds is 7. The van der Waals surface area contributed by atoms with Crippen molar-refractivity contribution in [2.24, 2.45) is 5.41 Å². The molecule has 0 rings (SSSR count). The molecule has 0 radical (unpaired) electrons. The molecule has 0 aliphatic heterocycles. The van der Waals surface area contributed by atoms with E-state index in [0.29, 0.717) is 19.5 Å². The van der Waals surface area contributed by atoms with Crippen molar-refractivity contribution in [1.29, 1.82) is 0 Å². The number of aliphatic hydroxyl groups is 1. The van der Waals surface area contributed by atoms with Crippen molar-refractivity contribution in [3.8, 4) is 0 Å². The van der Waals surface area contributed by atoms with Crippen LogP contribution in [0.15, 0.2) is 0 Å². The molecule has 17 heavy (non-hydrogen) atoms. The van der Waals surface area contributed by atoms with Gasteiger partial charge in [0, 0.05) is 26.2 Å². The molecular weight excluding hydrogens is 224 g/mol. The molecule has 0 spiro atoms. The first-order valence-electron chi connectivity index (χ1n) is 5.72. The standard InChI is InChI=1S/C11H22N2O4/c1-4-13(6-5-7-14)10(17)12-8-11(2,3)9(15)16/h14H,4-8H2,1-3H3,(H,12,17)(H,15,16). The third-order valence-electron chi connectivity index (χ3n) is 2.52. The van der Waals surface area contributed by atoms with Gasteiger partial charge in [-0.1, -0.05) is 0 Å². The third-order valence-corrected chi connectivity index (χ3v) is 2.52. The van der Waals surface area contributed by atoms with E-state index in [4.69, 9.17) is 10.2 Å². The molecule has 0 heterocycles. The maximum atomic E-state index is 11.7. The van der Waals surface area contributed by atoms with Crippen molar-refractivity contribution < 1.29 is 19.8 Å². The normalized spacial score (nSPS) is 11.1. The summed E-state index contributed by atoms with van der Waals surface area (Å²) in [6, 6.07) is -0.296. The lowest BCUT2D eigenvalue weighted by molar-refractivity contribution is -0.146. The second-order valence-electron chi connectivity index (χ2n) is 4.50. The SMILES string of the molecule is CCN(CCCO)C(=O)NCC(C)(C)C(=O)O. The van der Waals surface area contributed by atoms with Gasteiger partial charge in [-0.2, -0.15) is 0 Å². The predicted molar refractivity (Wildman–Crippen MR) is 63.8 cm³/mol. The van der Waals surface area contributed by atoms with Crippen molar-refractivity contribution in [2.75, 3.05) is 26.2 Å². The zero-order valence-electron chi connectivity index (χ0n) is 10.7. The highest BCUT2D eigenvalue weighted by Crippen LogP contribution is 2.13. The maximum absolute atomic E-state index is 11.7. The molecule has 0 bridgehead atoms. The molecule has 0 saturated carbocycles. The lowest BCUT2D eigenvalue weighted by Gasteiger charge is -2.24. The zero-order chi connectivity index (χ0) is 13.5. The van der Waals surface area contributed by atoms with Gasteiger partial charge in [0.15, 0.2) is 0 Å². The zero-order valence-corrected chi connectivity index (χ0v) is 10.7. The molecule has 0 aromatic heterocycles. The molecule has 6 nitrogen and oxygen atoms in total. The Kier molecular flexibility index (Phi) is 6.57. The average molecular weight is 246 g/mol. The van der Waals surface area contributed by atoms with E-state index in [1.54, 1.807) is 13.8 Å². The Morgan fingerprint density at radius 2 is 1.94 bits per heavy atom. The lowest BCUT2D eigenvalue weighted by atomic mass is 9.94. The van der Waals surface area contributed by atoms with Crippen molar-refractivity contribution in [2.45, 2.75) is 27.2 Å². The van der Waals surface area contributed by atoms with E-state index in [0.717, 1.165) is 0 Å². The molecule has 100 valence electrons. The van der Waals surface area contributed by atoms with Crippen LogP contribution in [0.3, 0.4) is 0 Å². The fourth-order valence-electron chi connectivity index (χ4n) is 1.15. The summed E-state index contributed by atoms with van der Waals surface area (Å²) in [4.78, 5) is 24.1. The number of carboxylic acid groups (broad SMARTS) is 1. The average Bonchev–Trinajstić information content (AvgIpc) is 2.27. The van der Waals surface area contributed by atoms with Crippen LogP contribution in [-0.2, 0) is 4.79 Å². The number of carbonyl (C=O) groups is 2. The first-order chi connectivity index (χ1) is 7.85. The molecule has 0 unspecified atom stereocenters. The van der Waals surface area contributed by atoms with Crippen LogP contribution in [0, 0.1) is 5.41 Å². The van der Waals surface area contributed by atoms with Crippen molar-refractivity contribution in [3.05, 3.63) is 0 Å². The molecule has 0 atom stereocenters. The number of carboxylic acids is 1. The molecule has 3 N–H and O–H groups in total. The Hall–Kier alpha value is -1.30. The number of hydrogen-bond acceptors (Lipinski definition) is 3. The molecule has 0 aromatic rings. The van der Waals surface area contributed by atoms with Gasteiger partial charge in [-0.05, 0) is 27.2 Å². The number of amides is 2. The molecule has 0 aromatic carbocycles. The Balaban J connectivity index is 4.19. The van der Waals surface area contributed by atoms with Gasteiger partial charge in [-0.25, -0.2) is 4.79 Å². The summed E-state index contributed by atoms with van der Waals surface area (Å²) in [6.07, 6.45) is 0.517. The molecule has 0 saturated heterocycles. The fourth-order valence-corrected chi connectivity index (χ4v) is 1.15. The number of urea groups is 1. The highest BCUT2D eigenvalue weighted by atomic mass is 16.4. The predicted octanol–water partition coefficient (Wildman–Crippen LogP) is 0.511. The summed E-state index contributed by atoms with van der Waals surface area (Å²) in [6.45, 7) is 6.05. The summed E-state index contributed by atoms with van der Waals surface area (Å²) in [5.74, 6) is -0.948. The van der Waals surface area contributed by atoms with Crippen LogP contribution in [-0.4, -0.2) is 53.4 Å². The van der Waals surface area contributed by atoms with Crippen LogP contribution in [0.1, 0.15) is 27.2 Å². The van der Waals surface area contributed by atoms with Gasteiger partial charge >= 0.3 is 12.0 Å². The van der Waals surface area contributed by atoms with E-state index in [1.165, 1.54) is 4.90 Å². The number of nitrogens with zero attached hydrogens (tertiary/aromatic N) is 1. The minimum absolute atomic E-state index is 0.0321. The van der Waals surface area contributed by atoms with Gasteiger partial charge in [-0.3, -0.25) is 4.79 Å². The smallest absolute Gasteiger partial charge is 0.317 e. The van der Waals surface area contributed by atoms with Gasteiger partial charge in [0.05, 0.1) is 5.41 Å². The highest BCUT2D eigenvalue weighted by Gasteiger charge is 2.28. The van der Waals surface area contributed by atoms with Crippen LogP contribution in [0.2, 0.25) is 0 Å². The number of aliphatic hydroxyl groups excluding tert-OH is 1. The number of aliphatic carboxylic acids is 1. The Bertz CT molecular complexity index is 266. The van der Waals surface area contributed by atoms with Crippen molar-refractivity contribution in [3.63, 3.8) is 0 Å². The van der Waals surface area contributed by atoms with E-state index >= 15 is 0 Å². The quantitative estimate of drug-likeness (QED) is 0.610. The van der Waals surface area contributed by atoms with Gasteiger partial charge in [-0.15, -0.1) is 0 Å². The first-order valence-corrected chi connectivity index (χ1v) is 5.72. The van der Waals surface area contributed by atoms with E-state index < -0.39 is 11.4 Å². The van der Waals surface area contributed by atoms with Crippen LogP contribution >= 0.6 is 0 Å². The second-order valence-corrected chi connectivity index (χ2v) is 4.50. The van der Waals surface area contributed by atoms with Crippen molar-refractivity contribution >= 4 is 12.0 Å². The van der Waals surface area contributed by atoms with Gasteiger partial charge < -0.3 is 20.4 Å². The molecule has 6 heteroatoms. The van der Waals surface area contributed by atoms with Crippen LogP contribution in [0.25, 0.3) is 0 Å². The lowest BCUT2D eigenvalue weighted by Crippen LogP contribution is -2.45. The van der Waals surface area contributed by atoms with Crippen LogP contribution in [0.4, 0.5) is 4.79 Å². The van der Waals surface area contributed by atoms with Gasteiger partial charge in [0.25, 0.3) is 0 Å². The van der Waals surface area contributed by atoms with Crippen LogP contribution < -0.4 is 5.32 Å². The Morgan fingerprint density at radius 1 is 1.35 bits per heavy atom. The Labute approximate surface area is 102 Å². The molecule has 0 aliphatic rings. The molecule has 0 fully saturated rings. The molecule has 0 aliphatic carbocycles. The summed E-state index contributed by atoms with van der Waals surface area (Å²) < 4.78 is 0. The molecule has 2 amide bonds. The van der Waals surface area contributed by atoms with Gasteiger partial charge in [0.1, 0.15) is 0 Å². The largest absolute Gasteiger partial charge is 0.481 e. The summed E-state index contributed by atoms with van der Waals surface area (Å²) in [7, 11) is 0. The number of carbonyl (C=O) groups excluding carboxylic acids is 1. The maximum Gasteiger partial charge on any atom is 0.317 e. The van der Waals surface area contributed by atoms with E-state index in [-0.39, 0.29) is 19.2 Å². The van der Waals surface area contributed by atoms with E-state index in [2.05, 4.69) is 5.32 Å². The number of hydrogen-bond donors (Lipinski definition) is 3. The van der Waals surface area contributed by atoms with Crippen molar-refractivity contribution in [1.82, 2.24) is 10.2 Å². The van der Waals surface area contributed by atoms with Gasteiger partial charge in [0.2, 0.25) is 0 Å². The minimum atomic E-state index is -0.980. The summed E-state index contributed by atoms with van der Waals surface area (Å²) in [5.41, 5.74) is -0.980. The van der Waals surface area contributed by atoms with E-state index in [9.17, 15) is 9.59 Å².